The van der Waals surface area contributed by atoms with Gasteiger partial charge in [-0.15, -0.1) is 0 Å². The Bertz CT molecular complexity index is 856. The predicted molar refractivity (Wildman–Crippen MR) is 95.0 cm³/mol. The van der Waals surface area contributed by atoms with E-state index in [2.05, 4.69) is 16.0 Å². The lowest BCUT2D eigenvalue weighted by Crippen LogP contribution is -2.46. The Kier molecular flexibility index (Phi) is 4.43. The summed E-state index contributed by atoms with van der Waals surface area (Å²) in [5.41, 5.74) is 3.29. The fraction of sp³-hybridized carbons (Fsp3) is 0.158. The molecule has 0 spiro atoms. The lowest BCUT2D eigenvalue weighted by Gasteiger charge is -2.28. The van der Waals surface area contributed by atoms with E-state index in [1.807, 2.05) is 31.2 Å². The molecule has 1 heterocycles. The molecule has 0 fully saturated rings. The predicted octanol–water partition coefficient (Wildman–Crippen LogP) is 2.97. The number of hydrogen-bond acceptors (Lipinski definition) is 3. The quantitative estimate of drug-likeness (QED) is 0.694. The number of rotatable bonds is 3. The van der Waals surface area contributed by atoms with E-state index in [9.17, 15) is 14.7 Å². The molecule has 0 radical (unpaired) electrons. The normalized spacial score (nSPS) is 16.9. The summed E-state index contributed by atoms with van der Waals surface area (Å²) >= 11 is 0. The first kappa shape index (κ1) is 16.6. The van der Waals surface area contributed by atoms with Gasteiger partial charge in [0.1, 0.15) is 5.75 Å². The number of urea groups is 1. The number of aromatic hydroxyl groups is 1. The average molecular weight is 337 g/mol. The molecule has 2 aromatic carbocycles. The van der Waals surface area contributed by atoms with Crippen molar-refractivity contribution in [2.24, 2.45) is 0 Å². The van der Waals surface area contributed by atoms with Gasteiger partial charge in [-0.25, -0.2) is 4.79 Å². The fourth-order valence-corrected chi connectivity index (χ4v) is 2.81. The van der Waals surface area contributed by atoms with E-state index >= 15 is 0 Å². The molecular weight excluding hydrogens is 318 g/mol. The molecule has 0 bridgehead atoms. The van der Waals surface area contributed by atoms with Crippen molar-refractivity contribution >= 4 is 17.6 Å². The van der Waals surface area contributed by atoms with Crippen molar-refractivity contribution < 1.29 is 14.7 Å². The lowest BCUT2D eigenvalue weighted by molar-refractivity contribution is -0.113. The summed E-state index contributed by atoms with van der Waals surface area (Å²) in [6.07, 6.45) is 0. The topological polar surface area (TPSA) is 90.5 Å². The van der Waals surface area contributed by atoms with Gasteiger partial charge in [0.05, 0.1) is 11.6 Å². The minimum absolute atomic E-state index is 0.121. The molecule has 1 aliphatic heterocycles. The van der Waals surface area contributed by atoms with Gasteiger partial charge in [-0.1, -0.05) is 30.3 Å². The molecule has 2 aromatic rings. The molecule has 3 amide bonds. The summed E-state index contributed by atoms with van der Waals surface area (Å²) < 4.78 is 0. The van der Waals surface area contributed by atoms with Crippen LogP contribution in [0.2, 0.25) is 0 Å². The molecule has 6 heteroatoms. The zero-order chi connectivity index (χ0) is 18.0. The number of benzene rings is 2. The van der Waals surface area contributed by atoms with Crippen LogP contribution in [0.15, 0.2) is 59.8 Å². The van der Waals surface area contributed by atoms with Gasteiger partial charge in [0.15, 0.2) is 0 Å². The number of aryl methyl sites for hydroxylation is 1. The zero-order valence-corrected chi connectivity index (χ0v) is 14.0. The van der Waals surface area contributed by atoms with E-state index < -0.39 is 6.04 Å². The fourth-order valence-electron chi connectivity index (χ4n) is 2.81. The summed E-state index contributed by atoms with van der Waals surface area (Å²) in [5, 5.41) is 17.8. The average Bonchev–Trinajstić information content (AvgIpc) is 2.57. The number of allylic oxidation sites excluding steroid dienone is 1. The SMILES string of the molecule is CC1=C(C(=O)Nc2ccccc2C)[C@@H](c2ccc(O)cc2)NC(=O)N1. The highest BCUT2D eigenvalue weighted by Gasteiger charge is 2.31. The Balaban J connectivity index is 1.96. The van der Waals surface area contributed by atoms with E-state index in [0.717, 1.165) is 5.56 Å². The van der Waals surface area contributed by atoms with E-state index in [-0.39, 0.29) is 17.7 Å². The standard InChI is InChI=1S/C19H19N3O3/c1-11-5-3-4-6-15(11)21-18(24)16-12(2)20-19(25)22-17(16)13-7-9-14(23)10-8-13/h3-10,17,23H,1-2H3,(H,21,24)(H2,20,22,25)/t17-/m1/s1. The van der Waals surface area contributed by atoms with Crippen molar-refractivity contribution in [3.8, 4) is 5.75 Å². The van der Waals surface area contributed by atoms with Crippen LogP contribution < -0.4 is 16.0 Å². The first-order chi connectivity index (χ1) is 12.0. The Morgan fingerprint density at radius 2 is 1.76 bits per heavy atom. The number of hydrogen-bond donors (Lipinski definition) is 4. The minimum Gasteiger partial charge on any atom is -0.508 e. The van der Waals surface area contributed by atoms with Crippen molar-refractivity contribution in [1.29, 1.82) is 0 Å². The number of carbonyl (C=O) groups excluding carboxylic acids is 2. The van der Waals surface area contributed by atoms with Crippen molar-refractivity contribution in [2.45, 2.75) is 19.9 Å². The maximum Gasteiger partial charge on any atom is 0.319 e. The second-order valence-corrected chi connectivity index (χ2v) is 5.93. The Morgan fingerprint density at radius 1 is 1.08 bits per heavy atom. The summed E-state index contributed by atoms with van der Waals surface area (Å²) in [5.74, 6) is -0.173. The van der Waals surface area contributed by atoms with Crippen molar-refractivity contribution in [3.05, 3.63) is 70.9 Å². The maximum atomic E-state index is 12.9. The molecule has 1 atom stereocenters. The molecule has 128 valence electrons. The largest absolute Gasteiger partial charge is 0.508 e. The van der Waals surface area contributed by atoms with Crippen LogP contribution in [0.3, 0.4) is 0 Å². The number of amides is 3. The highest BCUT2D eigenvalue weighted by atomic mass is 16.3. The number of phenolic OH excluding ortho intramolecular Hbond substituents is 1. The summed E-state index contributed by atoms with van der Waals surface area (Å²) in [6.45, 7) is 3.61. The van der Waals surface area contributed by atoms with Crippen LogP contribution in [-0.2, 0) is 4.79 Å². The van der Waals surface area contributed by atoms with Gasteiger partial charge < -0.3 is 21.1 Å². The van der Waals surface area contributed by atoms with Crippen LogP contribution in [0.5, 0.6) is 5.75 Å². The highest BCUT2D eigenvalue weighted by molar-refractivity contribution is 6.07. The second-order valence-electron chi connectivity index (χ2n) is 5.93. The number of carbonyl (C=O) groups is 2. The smallest absolute Gasteiger partial charge is 0.319 e. The zero-order valence-electron chi connectivity index (χ0n) is 14.0. The van der Waals surface area contributed by atoms with E-state index in [1.165, 1.54) is 12.1 Å². The molecule has 25 heavy (non-hydrogen) atoms. The van der Waals surface area contributed by atoms with Crippen molar-refractivity contribution in [3.63, 3.8) is 0 Å². The molecule has 0 aromatic heterocycles. The molecule has 0 unspecified atom stereocenters. The number of nitrogens with one attached hydrogen (secondary N) is 3. The van der Waals surface area contributed by atoms with Gasteiger partial charge in [-0.05, 0) is 43.2 Å². The van der Waals surface area contributed by atoms with Crippen LogP contribution in [-0.4, -0.2) is 17.0 Å². The number of para-hydroxylation sites is 1. The molecule has 0 saturated heterocycles. The monoisotopic (exact) mass is 337 g/mol. The van der Waals surface area contributed by atoms with Crippen LogP contribution in [0.1, 0.15) is 24.1 Å². The summed E-state index contributed by atoms with van der Waals surface area (Å²) in [4.78, 5) is 24.7. The van der Waals surface area contributed by atoms with Crippen LogP contribution in [0, 0.1) is 6.92 Å². The number of anilines is 1. The maximum absolute atomic E-state index is 12.9. The third-order valence-electron chi connectivity index (χ3n) is 4.13. The first-order valence-electron chi connectivity index (χ1n) is 7.90. The van der Waals surface area contributed by atoms with Crippen molar-refractivity contribution in [1.82, 2.24) is 10.6 Å². The summed E-state index contributed by atoms with van der Waals surface area (Å²) in [6, 6.07) is 12.9. The molecule has 0 aliphatic carbocycles. The Hall–Kier alpha value is -3.28. The Labute approximate surface area is 145 Å². The van der Waals surface area contributed by atoms with Crippen LogP contribution in [0.25, 0.3) is 0 Å². The third kappa shape index (κ3) is 3.47. The molecule has 1 aliphatic rings. The van der Waals surface area contributed by atoms with Crippen LogP contribution in [0.4, 0.5) is 10.5 Å². The van der Waals surface area contributed by atoms with E-state index in [4.69, 9.17) is 0 Å². The second kappa shape index (κ2) is 6.68. The van der Waals surface area contributed by atoms with Gasteiger partial charge in [0, 0.05) is 11.4 Å². The minimum atomic E-state index is -0.599. The van der Waals surface area contributed by atoms with Crippen LogP contribution >= 0.6 is 0 Å². The highest BCUT2D eigenvalue weighted by Crippen LogP contribution is 2.29. The van der Waals surface area contributed by atoms with Crippen molar-refractivity contribution in [2.75, 3.05) is 5.32 Å². The molecule has 3 rings (SSSR count). The van der Waals surface area contributed by atoms with E-state index in [0.29, 0.717) is 22.5 Å². The van der Waals surface area contributed by atoms with Gasteiger partial charge in [-0.3, -0.25) is 4.79 Å². The van der Waals surface area contributed by atoms with Gasteiger partial charge in [0.25, 0.3) is 5.91 Å². The first-order valence-corrected chi connectivity index (χ1v) is 7.90. The van der Waals surface area contributed by atoms with Gasteiger partial charge in [-0.2, -0.15) is 0 Å². The van der Waals surface area contributed by atoms with Gasteiger partial charge in [0.2, 0.25) is 0 Å². The number of phenols is 1. The molecular formula is C19H19N3O3. The Morgan fingerprint density at radius 3 is 2.44 bits per heavy atom. The third-order valence-corrected chi connectivity index (χ3v) is 4.13. The molecule has 0 saturated carbocycles. The van der Waals surface area contributed by atoms with Gasteiger partial charge >= 0.3 is 6.03 Å². The van der Waals surface area contributed by atoms with E-state index in [1.54, 1.807) is 19.1 Å². The summed E-state index contributed by atoms with van der Waals surface area (Å²) in [7, 11) is 0. The molecule has 4 N–H and O–H groups in total. The lowest BCUT2D eigenvalue weighted by atomic mass is 9.94. The molecule has 6 nitrogen and oxygen atoms in total.